The van der Waals surface area contributed by atoms with Crippen molar-refractivity contribution in [1.82, 2.24) is 9.38 Å². The lowest BCUT2D eigenvalue weighted by atomic mass is 10.2. The van der Waals surface area contributed by atoms with Gasteiger partial charge in [0.25, 0.3) is 11.6 Å². The Morgan fingerprint density at radius 3 is 2.50 bits per heavy atom. The van der Waals surface area contributed by atoms with Crippen molar-refractivity contribution in [1.29, 1.82) is 0 Å². The van der Waals surface area contributed by atoms with Crippen LogP contribution in [0.2, 0.25) is 0 Å². The van der Waals surface area contributed by atoms with Gasteiger partial charge in [-0.1, -0.05) is 6.07 Å². The van der Waals surface area contributed by atoms with Gasteiger partial charge in [-0.05, 0) is 49.7 Å². The number of amides is 1. The van der Waals surface area contributed by atoms with Crippen molar-refractivity contribution in [3.8, 4) is 11.5 Å². The molecule has 1 N–H and O–H groups in total. The number of carbonyl (C=O) groups is 1. The fraction of sp³-hybridized carbons (Fsp3) is 0.100. The van der Waals surface area contributed by atoms with Gasteiger partial charge in [-0.25, -0.2) is 4.98 Å². The molecular formula is C20H16N4O4. The number of furan rings is 1. The monoisotopic (exact) mass is 376 g/mol. The quantitative estimate of drug-likeness (QED) is 0.421. The largest absolute Gasteiger partial charge is 0.460 e. The molecule has 0 aliphatic carbocycles. The molecule has 8 nitrogen and oxygen atoms in total. The molecule has 0 aliphatic heterocycles. The van der Waals surface area contributed by atoms with Gasteiger partial charge in [-0.15, -0.1) is 0 Å². The fourth-order valence-electron chi connectivity index (χ4n) is 2.92. The number of imidazole rings is 1. The van der Waals surface area contributed by atoms with Crippen LogP contribution in [0.4, 0.5) is 11.5 Å². The molecule has 0 atom stereocenters. The van der Waals surface area contributed by atoms with E-state index >= 15 is 0 Å². The molecule has 3 heterocycles. The number of nitro benzene ring substituents is 1. The summed E-state index contributed by atoms with van der Waals surface area (Å²) in [5.74, 6) is 1.34. The SMILES string of the molecule is Cc1ccc2nc(-c3ccc(C)o3)c(NC(=O)c3ccc([N+](=O)[O-])cc3)n2c1. The zero-order valence-corrected chi connectivity index (χ0v) is 15.2. The third kappa shape index (κ3) is 3.11. The molecule has 4 rings (SSSR count). The van der Waals surface area contributed by atoms with E-state index in [0.29, 0.717) is 28.5 Å². The summed E-state index contributed by atoms with van der Waals surface area (Å²) in [6.07, 6.45) is 1.87. The lowest BCUT2D eigenvalue weighted by Crippen LogP contribution is -2.14. The summed E-state index contributed by atoms with van der Waals surface area (Å²) in [5, 5.41) is 13.7. The van der Waals surface area contributed by atoms with E-state index in [-0.39, 0.29) is 5.69 Å². The zero-order valence-electron chi connectivity index (χ0n) is 15.2. The van der Waals surface area contributed by atoms with Gasteiger partial charge in [0.2, 0.25) is 0 Å². The van der Waals surface area contributed by atoms with Crippen LogP contribution in [0.25, 0.3) is 17.1 Å². The number of pyridine rings is 1. The molecule has 0 unspecified atom stereocenters. The Labute approximate surface area is 159 Å². The van der Waals surface area contributed by atoms with Crippen molar-refractivity contribution in [2.24, 2.45) is 0 Å². The lowest BCUT2D eigenvalue weighted by Gasteiger charge is -2.07. The van der Waals surface area contributed by atoms with Gasteiger partial charge < -0.3 is 9.73 Å². The summed E-state index contributed by atoms with van der Waals surface area (Å²) in [6, 6.07) is 12.8. The van der Waals surface area contributed by atoms with Gasteiger partial charge in [0.05, 0.1) is 4.92 Å². The standard InChI is InChI=1S/C20H16N4O4/c1-12-3-10-17-21-18(16-9-4-13(2)28-16)19(23(17)11-12)22-20(25)14-5-7-15(8-6-14)24(26)27/h3-11H,1-2H3,(H,22,25). The van der Waals surface area contributed by atoms with Crippen LogP contribution in [0.3, 0.4) is 0 Å². The number of anilines is 1. The third-order valence-corrected chi connectivity index (χ3v) is 4.31. The number of hydrogen-bond donors (Lipinski definition) is 1. The Kier molecular flexibility index (Phi) is 4.15. The summed E-state index contributed by atoms with van der Waals surface area (Å²) in [6.45, 7) is 3.77. The first-order chi connectivity index (χ1) is 13.4. The third-order valence-electron chi connectivity index (χ3n) is 4.31. The number of hydrogen-bond acceptors (Lipinski definition) is 5. The number of non-ortho nitro benzene ring substituents is 1. The zero-order chi connectivity index (χ0) is 19.8. The van der Waals surface area contributed by atoms with Crippen LogP contribution in [0.5, 0.6) is 0 Å². The maximum Gasteiger partial charge on any atom is 0.269 e. The minimum Gasteiger partial charge on any atom is -0.460 e. The highest BCUT2D eigenvalue weighted by Crippen LogP contribution is 2.31. The van der Waals surface area contributed by atoms with Crippen molar-refractivity contribution < 1.29 is 14.1 Å². The van der Waals surface area contributed by atoms with Crippen LogP contribution in [-0.2, 0) is 0 Å². The highest BCUT2D eigenvalue weighted by atomic mass is 16.6. The smallest absolute Gasteiger partial charge is 0.269 e. The first-order valence-corrected chi connectivity index (χ1v) is 8.54. The number of aryl methyl sites for hydroxylation is 2. The molecule has 28 heavy (non-hydrogen) atoms. The van der Waals surface area contributed by atoms with Crippen LogP contribution >= 0.6 is 0 Å². The summed E-state index contributed by atoms with van der Waals surface area (Å²) >= 11 is 0. The number of nitrogens with zero attached hydrogens (tertiary/aromatic N) is 3. The Morgan fingerprint density at radius 1 is 1.11 bits per heavy atom. The van der Waals surface area contributed by atoms with Gasteiger partial charge in [-0.3, -0.25) is 19.3 Å². The van der Waals surface area contributed by atoms with Crippen LogP contribution in [0.1, 0.15) is 21.7 Å². The van der Waals surface area contributed by atoms with Crippen LogP contribution < -0.4 is 5.32 Å². The Balaban J connectivity index is 1.77. The number of nitrogens with one attached hydrogen (secondary N) is 1. The molecule has 0 radical (unpaired) electrons. The van der Waals surface area contributed by atoms with E-state index in [9.17, 15) is 14.9 Å². The van der Waals surface area contributed by atoms with Gasteiger partial charge in [0.15, 0.2) is 5.76 Å². The second-order valence-electron chi connectivity index (χ2n) is 6.41. The Bertz CT molecular complexity index is 1200. The summed E-state index contributed by atoms with van der Waals surface area (Å²) < 4.78 is 7.48. The lowest BCUT2D eigenvalue weighted by molar-refractivity contribution is -0.384. The number of nitro groups is 1. The van der Waals surface area contributed by atoms with Gasteiger partial charge >= 0.3 is 0 Å². The van der Waals surface area contributed by atoms with E-state index in [1.807, 2.05) is 38.2 Å². The average Bonchev–Trinajstić information content (AvgIpc) is 3.25. The molecule has 0 bridgehead atoms. The number of aromatic nitrogens is 2. The van der Waals surface area contributed by atoms with Gasteiger partial charge in [0, 0.05) is 23.9 Å². The van der Waals surface area contributed by atoms with Crippen LogP contribution in [0.15, 0.2) is 59.1 Å². The van der Waals surface area contributed by atoms with E-state index in [1.54, 1.807) is 10.5 Å². The molecule has 1 aromatic carbocycles. The predicted molar refractivity (Wildman–Crippen MR) is 103 cm³/mol. The molecule has 4 aromatic rings. The van der Waals surface area contributed by atoms with Crippen molar-refractivity contribution in [2.75, 3.05) is 5.32 Å². The van der Waals surface area contributed by atoms with Gasteiger partial charge in [-0.2, -0.15) is 0 Å². The minimum absolute atomic E-state index is 0.0753. The second-order valence-corrected chi connectivity index (χ2v) is 6.41. The van der Waals surface area contributed by atoms with E-state index in [4.69, 9.17) is 4.42 Å². The molecule has 0 saturated carbocycles. The number of benzene rings is 1. The number of carbonyl (C=O) groups excluding carboxylic acids is 1. The normalized spacial score (nSPS) is 10.9. The highest BCUT2D eigenvalue weighted by Gasteiger charge is 2.20. The van der Waals surface area contributed by atoms with Crippen molar-refractivity contribution >= 4 is 23.1 Å². The molecule has 0 aliphatic rings. The number of rotatable bonds is 4. The van der Waals surface area contributed by atoms with E-state index in [1.165, 1.54) is 24.3 Å². The van der Waals surface area contributed by atoms with Crippen molar-refractivity contribution in [3.05, 3.63) is 81.7 Å². The molecular weight excluding hydrogens is 360 g/mol. The minimum atomic E-state index is -0.508. The summed E-state index contributed by atoms with van der Waals surface area (Å²) in [7, 11) is 0. The molecule has 0 fully saturated rings. The van der Waals surface area contributed by atoms with E-state index < -0.39 is 10.8 Å². The molecule has 0 saturated heterocycles. The fourth-order valence-corrected chi connectivity index (χ4v) is 2.92. The summed E-state index contributed by atoms with van der Waals surface area (Å²) in [5.41, 5.74) is 2.39. The predicted octanol–water partition coefficient (Wildman–Crippen LogP) is 4.37. The first kappa shape index (κ1) is 17.5. The average molecular weight is 376 g/mol. The van der Waals surface area contributed by atoms with Crippen LogP contribution in [0, 0.1) is 24.0 Å². The van der Waals surface area contributed by atoms with Crippen molar-refractivity contribution in [2.45, 2.75) is 13.8 Å². The van der Waals surface area contributed by atoms with Crippen molar-refractivity contribution in [3.63, 3.8) is 0 Å². The maximum atomic E-state index is 12.8. The Morgan fingerprint density at radius 2 is 1.86 bits per heavy atom. The number of fused-ring (bicyclic) bond motifs is 1. The Hall–Kier alpha value is -3.94. The van der Waals surface area contributed by atoms with E-state index in [2.05, 4.69) is 10.3 Å². The maximum absolute atomic E-state index is 12.8. The second kappa shape index (κ2) is 6.66. The van der Waals surface area contributed by atoms with Crippen LogP contribution in [-0.4, -0.2) is 20.2 Å². The first-order valence-electron chi connectivity index (χ1n) is 8.54. The molecule has 8 heteroatoms. The molecule has 1 amide bonds. The summed E-state index contributed by atoms with van der Waals surface area (Å²) in [4.78, 5) is 27.6. The van der Waals surface area contributed by atoms with Gasteiger partial charge in [0.1, 0.15) is 22.9 Å². The highest BCUT2D eigenvalue weighted by molar-refractivity contribution is 6.05. The molecule has 0 spiro atoms. The topological polar surface area (TPSA) is 103 Å². The molecule has 3 aromatic heterocycles. The van der Waals surface area contributed by atoms with E-state index in [0.717, 1.165) is 11.3 Å². The molecule has 140 valence electrons.